The van der Waals surface area contributed by atoms with Crippen molar-refractivity contribution in [3.8, 4) is 0 Å². The summed E-state index contributed by atoms with van der Waals surface area (Å²) in [4.78, 5) is 16.4. The minimum absolute atomic E-state index is 0.0590. The van der Waals surface area contributed by atoms with E-state index in [-0.39, 0.29) is 18.2 Å². The summed E-state index contributed by atoms with van der Waals surface area (Å²) in [6, 6.07) is 2.54. The van der Waals surface area contributed by atoms with Crippen LogP contribution in [0.25, 0.3) is 0 Å². The summed E-state index contributed by atoms with van der Waals surface area (Å²) in [5, 5.41) is 23.0. The number of piperidine rings is 2. The van der Waals surface area contributed by atoms with Crippen LogP contribution in [0.2, 0.25) is 0 Å². The summed E-state index contributed by atoms with van der Waals surface area (Å²) >= 11 is 0. The van der Waals surface area contributed by atoms with Crippen LogP contribution in [-0.2, 0) is 14.3 Å². The van der Waals surface area contributed by atoms with E-state index in [1.807, 2.05) is 0 Å². The first kappa shape index (κ1) is 39.1. The maximum atomic E-state index is 11.2. The van der Waals surface area contributed by atoms with Crippen molar-refractivity contribution in [2.24, 2.45) is 17.6 Å². The van der Waals surface area contributed by atoms with Crippen molar-refractivity contribution in [3.05, 3.63) is 0 Å². The number of ketones is 1. The summed E-state index contributed by atoms with van der Waals surface area (Å²) in [5.41, 5.74) is 5.53. The maximum Gasteiger partial charge on any atom is 0.135 e. The quantitative estimate of drug-likeness (QED) is 0.265. The monoisotopic (exact) mass is 665 g/mol. The summed E-state index contributed by atoms with van der Waals surface area (Å²) in [7, 11) is 0. The molecule has 0 unspecified atom stereocenters. The van der Waals surface area contributed by atoms with Gasteiger partial charge in [-0.3, -0.25) is 9.69 Å². The van der Waals surface area contributed by atoms with Crippen LogP contribution in [0.1, 0.15) is 129 Å². The molecular formula is C38H72N4O5. The Hall–Kier alpha value is -0.650. The van der Waals surface area contributed by atoms with E-state index in [2.05, 4.69) is 29.0 Å². The van der Waals surface area contributed by atoms with Crippen molar-refractivity contribution in [1.82, 2.24) is 15.1 Å². The second-order valence-electron chi connectivity index (χ2n) is 15.5. The molecule has 0 aromatic heterocycles. The molecule has 8 atom stereocenters. The number of nitrogens with zero attached hydrogens (tertiary/aromatic N) is 2. The van der Waals surface area contributed by atoms with Gasteiger partial charge in [0, 0.05) is 82.6 Å². The molecule has 4 saturated carbocycles. The van der Waals surface area contributed by atoms with E-state index >= 15 is 0 Å². The van der Waals surface area contributed by atoms with E-state index in [1.54, 1.807) is 0 Å². The molecule has 6 fully saturated rings. The number of ether oxygens (including phenoxy) is 2. The smallest absolute Gasteiger partial charge is 0.135 e. The van der Waals surface area contributed by atoms with Gasteiger partial charge in [0.2, 0.25) is 0 Å². The number of carbonyl (C=O) groups excluding carboxylic acids is 1. The number of Topliss-reactive ketones (excluding diaryl/α,β-unsaturated/α-hetero) is 1. The first-order valence-corrected chi connectivity index (χ1v) is 19.9. The molecule has 6 rings (SSSR count). The Morgan fingerprint density at radius 3 is 1.68 bits per heavy atom. The fourth-order valence-electron chi connectivity index (χ4n) is 8.95. The van der Waals surface area contributed by atoms with Gasteiger partial charge in [-0.1, -0.05) is 25.7 Å². The van der Waals surface area contributed by atoms with Crippen LogP contribution in [0, 0.1) is 11.8 Å². The zero-order valence-corrected chi connectivity index (χ0v) is 30.2. The van der Waals surface area contributed by atoms with Gasteiger partial charge in [0.25, 0.3) is 0 Å². The molecule has 0 aromatic carbocycles. The average molecular weight is 665 g/mol. The van der Waals surface area contributed by atoms with Crippen molar-refractivity contribution < 1.29 is 24.5 Å². The molecule has 4 aliphatic carbocycles. The molecule has 5 N–H and O–H groups in total. The van der Waals surface area contributed by atoms with E-state index in [1.165, 1.54) is 83.7 Å². The number of hydrogen-bond acceptors (Lipinski definition) is 9. The molecule has 0 amide bonds. The second kappa shape index (κ2) is 21.5. The van der Waals surface area contributed by atoms with E-state index in [0.29, 0.717) is 17.9 Å². The van der Waals surface area contributed by atoms with Gasteiger partial charge in [-0.2, -0.15) is 0 Å². The molecule has 0 radical (unpaired) electrons. The van der Waals surface area contributed by atoms with Crippen molar-refractivity contribution in [2.45, 2.75) is 172 Å². The van der Waals surface area contributed by atoms with Crippen LogP contribution in [0.4, 0.5) is 0 Å². The van der Waals surface area contributed by atoms with Gasteiger partial charge < -0.3 is 35.6 Å². The van der Waals surface area contributed by atoms with Gasteiger partial charge in [0.05, 0.1) is 12.2 Å². The van der Waals surface area contributed by atoms with E-state index in [4.69, 9.17) is 20.3 Å². The Morgan fingerprint density at radius 1 is 0.681 bits per heavy atom. The molecule has 2 saturated heterocycles. The Bertz CT molecular complexity index is 838. The zero-order chi connectivity index (χ0) is 33.4. The summed E-state index contributed by atoms with van der Waals surface area (Å²) < 4.78 is 11.1. The van der Waals surface area contributed by atoms with Gasteiger partial charge in [-0.05, 0) is 116 Å². The van der Waals surface area contributed by atoms with Crippen LogP contribution in [-0.4, -0.2) is 121 Å². The largest absolute Gasteiger partial charge is 0.392 e. The highest BCUT2D eigenvalue weighted by Gasteiger charge is 2.34. The van der Waals surface area contributed by atoms with Crippen LogP contribution in [0.15, 0.2) is 0 Å². The van der Waals surface area contributed by atoms with Crippen molar-refractivity contribution >= 4 is 5.78 Å². The predicted molar refractivity (Wildman–Crippen MR) is 190 cm³/mol. The molecule has 2 aliphatic heterocycles. The third-order valence-electron chi connectivity index (χ3n) is 12.0. The highest BCUT2D eigenvalue weighted by atomic mass is 16.5. The lowest BCUT2D eigenvalue weighted by Crippen LogP contribution is -2.52. The predicted octanol–water partition coefficient (Wildman–Crippen LogP) is 4.65. The number of likely N-dealkylation sites (tertiary alicyclic amines) is 2. The SMILES string of the molecule is CCOC[C@H]1CC[C@@H](N2CCC(=O)CC2)C1.CCOC[C@H]1CC[C@@H](N2CCC(N[C@@H]3CCCC[C@H]3O)CC2)C1.N[C@@H]1CCCC[C@H]1O. The topological polar surface area (TPSA) is 121 Å². The summed E-state index contributed by atoms with van der Waals surface area (Å²) in [5.74, 6) is 1.98. The molecule has 0 aromatic rings. The van der Waals surface area contributed by atoms with Gasteiger partial charge in [-0.15, -0.1) is 0 Å². The van der Waals surface area contributed by atoms with Gasteiger partial charge in [0.1, 0.15) is 5.78 Å². The van der Waals surface area contributed by atoms with Crippen LogP contribution in [0.3, 0.4) is 0 Å². The van der Waals surface area contributed by atoms with Crippen LogP contribution >= 0.6 is 0 Å². The first-order chi connectivity index (χ1) is 22.9. The highest BCUT2D eigenvalue weighted by Crippen LogP contribution is 2.32. The van der Waals surface area contributed by atoms with E-state index < -0.39 is 0 Å². The number of nitrogens with one attached hydrogen (secondary N) is 1. The fraction of sp³-hybridized carbons (Fsp3) is 0.974. The van der Waals surface area contributed by atoms with E-state index in [0.717, 1.165) is 108 Å². The number of carbonyl (C=O) groups is 1. The average Bonchev–Trinajstić information content (AvgIpc) is 3.77. The molecule has 0 spiro atoms. The highest BCUT2D eigenvalue weighted by molar-refractivity contribution is 5.79. The molecule has 0 bridgehead atoms. The van der Waals surface area contributed by atoms with E-state index in [9.17, 15) is 9.90 Å². The summed E-state index contributed by atoms with van der Waals surface area (Å²) in [6.07, 6.45) is 20.5. The molecule has 47 heavy (non-hydrogen) atoms. The van der Waals surface area contributed by atoms with Crippen molar-refractivity contribution in [1.29, 1.82) is 0 Å². The standard InChI is InChI=1S/C19H36N2O2.C13H23NO2.C6H13NO/c1-2-23-14-15-7-8-17(13-15)21-11-9-16(10-12-21)20-18-5-3-4-6-19(18)22;1-2-16-10-11-3-4-12(9-11)14-7-5-13(15)6-8-14;7-5-3-1-2-4-6(5)8/h15-20,22H,2-14H2,1H3;11-12H,2-10H2,1H3;5-6,8H,1-4,7H2/t15-,17+,18+,19+;11-,12+;5-,6-/m001/s1. The number of rotatable bonds is 10. The minimum Gasteiger partial charge on any atom is -0.392 e. The first-order valence-electron chi connectivity index (χ1n) is 19.9. The number of aliphatic hydroxyl groups excluding tert-OH is 2. The number of hydrogen-bond donors (Lipinski definition) is 4. The third-order valence-corrected chi connectivity index (χ3v) is 12.0. The number of nitrogens with two attached hydrogens (primary N) is 1. The Labute approximate surface area is 287 Å². The maximum absolute atomic E-state index is 11.2. The third kappa shape index (κ3) is 13.5. The molecule has 9 heteroatoms. The summed E-state index contributed by atoms with van der Waals surface area (Å²) in [6.45, 7) is 12.2. The second-order valence-corrected chi connectivity index (χ2v) is 15.5. The Balaban J connectivity index is 0.000000180. The van der Waals surface area contributed by atoms with Gasteiger partial charge in [-0.25, -0.2) is 0 Å². The minimum atomic E-state index is -0.219. The van der Waals surface area contributed by atoms with Crippen LogP contribution in [0.5, 0.6) is 0 Å². The van der Waals surface area contributed by atoms with Crippen molar-refractivity contribution in [2.75, 3.05) is 52.6 Å². The number of aliphatic hydroxyl groups is 2. The Morgan fingerprint density at radius 2 is 1.19 bits per heavy atom. The Kier molecular flexibility index (Phi) is 17.9. The molecule has 2 heterocycles. The molecule has 6 aliphatic rings. The molecule has 9 nitrogen and oxygen atoms in total. The van der Waals surface area contributed by atoms with Crippen LogP contribution < -0.4 is 11.1 Å². The lowest BCUT2D eigenvalue weighted by molar-refractivity contribution is -0.121. The van der Waals surface area contributed by atoms with Gasteiger partial charge in [0.15, 0.2) is 0 Å². The normalized spacial score (nSPS) is 36.0. The molecular weight excluding hydrogens is 592 g/mol. The lowest BCUT2D eigenvalue weighted by atomic mass is 9.91. The fourth-order valence-corrected chi connectivity index (χ4v) is 8.95. The lowest BCUT2D eigenvalue weighted by Gasteiger charge is -2.39. The van der Waals surface area contributed by atoms with Gasteiger partial charge >= 0.3 is 0 Å². The molecule has 274 valence electrons. The zero-order valence-electron chi connectivity index (χ0n) is 30.2. The van der Waals surface area contributed by atoms with Crippen molar-refractivity contribution in [3.63, 3.8) is 0 Å².